The number of benzene rings is 1. The summed E-state index contributed by atoms with van der Waals surface area (Å²) >= 11 is 0. The van der Waals surface area contributed by atoms with Gasteiger partial charge >= 0.3 is 0 Å². The average Bonchev–Trinajstić information content (AvgIpc) is 3.01. The summed E-state index contributed by atoms with van der Waals surface area (Å²) in [6.45, 7) is 4.03. The van der Waals surface area contributed by atoms with Gasteiger partial charge in [-0.15, -0.1) is 0 Å². The summed E-state index contributed by atoms with van der Waals surface area (Å²) in [6, 6.07) is 7.31. The third-order valence-electron chi connectivity index (χ3n) is 5.85. The lowest BCUT2D eigenvalue weighted by atomic mass is 9.97. The second-order valence-corrected chi connectivity index (χ2v) is 7.91. The first-order valence-corrected chi connectivity index (χ1v) is 10.7. The molecule has 158 valence electrons. The predicted molar refractivity (Wildman–Crippen MR) is 112 cm³/mol. The van der Waals surface area contributed by atoms with Crippen molar-refractivity contribution in [3.05, 3.63) is 35.5 Å². The molecule has 6 nitrogen and oxygen atoms in total. The molecular weight excluding hydrogens is 368 g/mol. The molecule has 2 amide bonds. The van der Waals surface area contributed by atoms with Gasteiger partial charge in [0, 0.05) is 26.2 Å². The van der Waals surface area contributed by atoms with E-state index >= 15 is 0 Å². The number of likely N-dealkylation sites (tertiary alicyclic amines) is 1. The van der Waals surface area contributed by atoms with E-state index in [-0.39, 0.29) is 24.3 Å². The van der Waals surface area contributed by atoms with E-state index in [1.807, 2.05) is 29.2 Å². The van der Waals surface area contributed by atoms with Crippen molar-refractivity contribution in [2.45, 2.75) is 45.4 Å². The maximum absolute atomic E-state index is 13.3. The van der Waals surface area contributed by atoms with Crippen LogP contribution in [0.15, 0.2) is 30.0 Å². The van der Waals surface area contributed by atoms with Gasteiger partial charge in [0.1, 0.15) is 11.4 Å². The minimum Gasteiger partial charge on any atom is -0.497 e. The Kier molecular flexibility index (Phi) is 7.31. The van der Waals surface area contributed by atoms with Crippen molar-refractivity contribution in [2.75, 3.05) is 33.4 Å². The lowest BCUT2D eigenvalue weighted by Gasteiger charge is -2.34. The van der Waals surface area contributed by atoms with Crippen LogP contribution in [0.4, 0.5) is 0 Å². The molecule has 0 aromatic heterocycles. The van der Waals surface area contributed by atoms with Crippen molar-refractivity contribution < 1.29 is 19.4 Å². The number of nitrogens with zero attached hydrogens (tertiary/aromatic N) is 2. The van der Waals surface area contributed by atoms with Crippen LogP contribution in [0.25, 0.3) is 5.57 Å². The van der Waals surface area contributed by atoms with Gasteiger partial charge < -0.3 is 14.7 Å². The maximum Gasteiger partial charge on any atom is 0.277 e. The van der Waals surface area contributed by atoms with E-state index in [1.54, 1.807) is 7.11 Å². The monoisotopic (exact) mass is 400 g/mol. The highest BCUT2D eigenvalue weighted by Crippen LogP contribution is 2.34. The molecule has 2 aliphatic rings. The molecule has 1 fully saturated rings. The number of ether oxygens (including phenoxy) is 1. The molecule has 3 rings (SSSR count). The summed E-state index contributed by atoms with van der Waals surface area (Å²) in [4.78, 5) is 30.0. The topological polar surface area (TPSA) is 70.1 Å². The highest BCUT2D eigenvalue weighted by atomic mass is 16.5. The van der Waals surface area contributed by atoms with E-state index < -0.39 is 0 Å². The SMILES string of the molecule is CCCCCCN1C(=O)C(c2ccc(OC)cc2)=C(N2CCCC(CO)C2)C1=O. The molecule has 6 heteroatoms. The Morgan fingerprint density at radius 3 is 2.52 bits per heavy atom. The largest absolute Gasteiger partial charge is 0.497 e. The van der Waals surface area contributed by atoms with E-state index in [1.165, 1.54) is 4.90 Å². The van der Waals surface area contributed by atoms with Crippen molar-refractivity contribution in [3.63, 3.8) is 0 Å². The van der Waals surface area contributed by atoms with Crippen LogP contribution in [0.3, 0.4) is 0 Å². The van der Waals surface area contributed by atoms with Crippen molar-refractivity contribution in [3.8, 4) is 5.75 Å². The fourth-order valence-corrected chi connectivity index (χ4v) is 4.19. The van der Waals surface area contributed by atoms with Crippen LogP contribution < -0.4 is 4.74 Å². The molecule has 1 aromatic carbocycles. The molecule has 0 saturated carbocycles. The molecule has 1 saturated heterocycles. The molecule has 1 unspecified atom stereocenters. The van der Waals surface area contributed by atoms with Crippen molar-refractivity contribution in [1.82, 2.24) is 9.80 Å². The second kappa shape index (κ2) is 9.92. The fourth-order valence-electron chi connectivity index (χ4n) is 4.19. The van der Waals surface area contributed by atoms with Crippen LogP contribution in [0.2, 0.25) is 0 Å². The van der Waals surface area contributed by atoms with Gasteiger partial charge in [0.25, 0.3) is 11.8 Å². The number of aliphatic hydroxyl groups is 1. The number of piperidine rings is 1. The Labute approximate surface area is 173 Å². The number of unbranched alkanes of at least 4 members (excludes halogenated alkanes) is 3. The van der Waals surface area contributed by atoms with Gasteiger partial charge in [0.2, 0.25) is 0 Å². The Morgan fingerprint density at radius 1 is 1.10 bits per heavy atom. The zero-order chi connectivity index (χ0) is 20.8. The Hall–Kier alpha value is -2.34. The van der Waals surface area contributed by atoms with Gasteiger partial charge in [-0.3, -0.25) is 14.5 Å². The van der Waals surface area contributed by atoms with Gasteiger partial charge in [-0.05, 0) is 42.9 Å². The molecule has 1 aromatic rings. The number of hydrogen-bond donors (Lipinski definition) is 1. The number of carbonyl (C=O) groups excluding carboxylic acids is 2. The molecule has 0 spiro atoms. The standard InChI is InChI=1S/C23H32N2O4/c1-3-4-5-6-14-25-22(27)20(18-9-11-19(29-2)12-10-18)21(23(25)28)24-13-7-8-17(15-24)16-26/h9-12,17,26H,3-8,13-16H2,1-2H3. The van der Waals surface area contributed by atoms with Crippen LogP contribution in [0, 0.1) is 5.92 Å². The van der Waals surface area contributed by atoms with E-state index in [4.69, 9.17) is 4.74 Å². The molecule has 0 aliphatic carbocycles. The fraction of sp³-hybridized carbons (Fsp3) is 0.565. The summed E-state index contributed by atoms with van der Waals surface area (Å²) in [6.07, 6.45) is 5.90. The Balaban J connectivity index is 1.92. The van der Waals surface area contributed by atoms with Gasteiger partial charge in [0.15, 0.2) is 0 Å². The zero-order valence-electron chi connectivity index (χ0n) is 17.5. The number of aliphatic hydroxyl groups excluding tert-OH is 1. The smallest absolute Gasteiger partial charge is 0.277 e. The first-order chi connectivity index (χ1) is 14.1. The zero-order valence-corrected chi connectivity index (χ0v) is 17.5. The summed E-state index contributed by atoms with van der Waals surface area (Å²) < 4.78 is 5.23. The summed E-state index contributed by atoms with van der Waals surface area (Å²) in [7, 11) is 1.60. The predicted octanol–water partition coefficient (Wildman–Crippen LogP) is 3.06. The molecule has 0 radical (unpaired) electrons. The lowest BCUT2D eigenvalue weighted by molar-refractivity contribution is -0.137. The molecule has 1 N–H and O–H groups in total. The van der Waals surface area contributed by atoms with Crippen LogP contribution in [-0.4, -0.2) is 60.1 Å². The van der Waals surface area contributed by atoms with Crippen LogP contribution >= 0.6 is 0 Å². The van der Waals surface area contributed by atoms with Gasteiger partial charge in [-0.1, -0.05) is 38.3 Å². The van der Waals surface area contributed by atoms with E-state index in [9.17, 15) is 14.7 Å². The van der Waals surface area contributed by atoms with Crippen molar-refractivity contribution in [1.29, 1.82) is 0 Å². The van der Waals surface area contributed by atoms with Crippen molar-refractivity contribution in [2.24, 2.45) is 5.92 Å². The van der Waals surface area contributed by atoms with E-state index in [0.29, 0.717) is 30.1 Å². The summed E-state index contributed by atoms with van der Waals surface area (Å²) in [5, 5.41) is 9.61. The normalized spacial score (nSPS) is 20.0. The third kappa shape index (κ3) is 4.64. The molecule has 2 heterocycles. The molecule has 2 aliphatic heterocycles. The van der Waals surface area contributed by atoms with Crippen molar-refractivity contribution >= 4 is 17.4 Å². The number of methoxy groups -OCH3 is 1. The average molecular weight is 401 g/mol. The first-order valence-electron chi connectivity index (χ1n) is 10.7. The maximum atomic E-state index is 13.3. The number of amides is 2. The third-order valence-corrected chi connectivity index (χ3v) is 5.85. The number of rotatable bonds is 9. The first kappa shape index (κ1) is 21.4. The molecule has 0 bridgehead atoms. The molecule has 1 atom stereocenters. The number of carbonyl (C=O) groups is 2. The summed E-state index contributed by atoms with van der Waals surface area (Å²) in [5.74, 6) is 0.436. The Bertz CT molecular complexity index is 757. The quantitative estimate of drug-likeness (QED) is 0.510. The molecular formula is C23H32N2O4. The highest BCUT2D eigenvalue weighted by Gasteiger charge is 2.42. The number of imide groups is 1. The van der Waals surface area contributed by atoms with Gasteiger partial charge in [0.05, 0.1) is 12.7 Å². The second-order valence-electron chi connectivity index (χ2n) is 7.91. The number of hydrogen-bond acceptors (Lipinski definition) is 5. The van der Waals surface area contributed by atoms with E-state index in [2.05, 4.69) is 6.92 Å². The highest BCUT2D eigenvalue weighted by molar-refractivity contribution is 6.35. The van der Waals surface area contributed by atoms with E-state index in [0.717, 1.165) is 50.6 Å². The van der Waals surface area contributed by atoms with Crippen LogP contribution in [0.1, 0.15) is 51.0 Å². The van der Waals surface area contributed by atoms with Crippen LogP contribution in [-0.2, 0) is 9.59 Å². The summed E-state index contributed by atoms with van der Waals surface area (Å²) in [5.41, 5.74) is 1.71. The minimum absolute atomic E-state index is 0.102. The minimum atomic E-state index is -0.210. The lowest BCUT2D eigenvalue weighted by Crippen LogP contribution is -2.40. The molecule has 29 heavy (non-hydrogen) atoms. The van der Waals surface area contributed by atoms with Gasteiger partial charge in [-0.25, -0.2) is 0 Å². The van der Waals surface area contributed by atoms with Crippen LogP contribution in [0.5, 0.6) is 5.75 Å². The van der Waals surface area contributed by atoms with Gasteiger partial charge in [-0.2, -0.15) is 0 Å². The Morgan fingerprint density at radius 2 is 1.86 bits per heavy atom.